The van der Waals surface area contributed by atoms with Crippen LogP contribution in [0.2, 0.25) is 0 Å². The lowest BCUT2D eigenvalue weighted by molar-refractivity contribution is -0.140. The number of methoxy groups -OCH3 is 1. The molecule has 1 unspecified atom stereocenters. The van der Waals surface area contributed by atoms with Gasteiger partial charge in [0, 0.05) is 7.11 Å². The first kappa shape index (κ1) is 15.9. The van der Waals surface area contributed by atoms with Gasteiger partial charge < -0.3 is 4.74 Å². The van der Waals surface area contributed by atoms with Crippen LogP contribution in [0, 0.1) is 5.82 Å². The topological polar surface area (TPSA) is 47.3 Å². The van der Waals surface area contributed by atoms with Crippen molar-refractivity contribution < 1.29 is 22.3 Å². The molecule has 0 fully saturated rings. The molecule has 1 aromatic rings. The van der Waals surface area contributed by atoms with E-state index >= 15 is 0 Å². The van der Waals surface area contributed by atoms with Crippen molar-refractivity contribution in [1.29, 1.82) is 0 Å². The molecule has 3 nitrogen and oxygen atoms in total. The van der Waals surface area contributed by atoms with Gasteiger partial charge in [-0.15, -0.1) is 0 Å². The third-order valence-electron chi connectivity index (χ3n) is 3.02. The SMILES string of the molecule is COC(C)(C)C(NN)c1ccc(F)c(C(F)(F)F)c1. The van der Waals surface area contributed by atoms with Crippen molar-refractivity contribution in [3.8, 4) is 0 Å². The molecular weight excluding hydrogens is 264 g/mol. The summed E-state index contributed by atoms with van der Waals surface area (Å²) in [6, 6.07) is 2.05. The first-order valence-electron chi connectivity index (χ1n) is 5.51. The van der Waals surface area contributed by atoms with Crippen LogP contribution in [0.25, 0.3) is 0 Å². The quantitative estimate of drug-likeness (QED) is 0.506. The maximum Gasteiger partial charge on any atom is 0.419 e. The van der Waals surface area contributed by atoms with Crippen LogP contribution in [0.3, 0.4) is 0 Å². The number of rotatable bonds is 4. The Labute approximate surface area is 108 Å². The first-order chi connectivity index (χ1) is 8.63. The van der Waals surface area contributed by atoms with E-state index in [2.05, 4.69) is 5.43 Å². The molecule has 1 aromatic carbocycles. The molecular formula is C12H16F4N2O. The molecule has 0 aliphatic heterocycles. The number of hydrazine groups is 1. The molecule has 19 heavy (non-hydrogen) atoms. The Hall–Kier alpha value is -1.18. The largest absolute Gasteiger partial charge is 0.419 e. The van der Waals surface area contributed by atoms with Gasteiger partial charge in [0.25, 0.3) is 0 Å². The zero-order valence-corrected chi connectivity index (χ0v) is 10.8. The number of nitrogens with two attached hydrogens (primary N) is 1. The van der Waals surface area contributed by atoms with Gasteiger partial charge in [0.05, 0.1) is 17.2 Å². The lowest BCUT2D eigenvalue weighted by Gasteiger charge is -2.33. The van der Waals surface area contributed by atoms with Crippen molar-refractivity contribution >= 4 is 0 Å². The average Bonchev–Trinajstić information content (AvgIpc) is 2.30. The minimum Gasteiger partial charge on any atom is -0.377 e. The zero-order valence-electron chi connectivity index (χ0n) is 10.8. The van der Waals surface area contributed by atoms with E-state index in [1.165, 1.54) is 13.2 Å². The predicted octanol–water partition coefficient (Wildman–Crippen LogP) is 2.77. The molecule has 0 bridgehead atoms. The predicted molar refractivity (Wildman–Crippen MR) is 62.6 cm³/mol. The van der Waals surface area contributed by atoms with Crippen molar-refractivity contribution in [2.45, 2.75) is 31.7 Å². The van der Waals surface area contributed by atoms with Gasteiger partial charge in [-0.3, -0.25) is 11.3 Å². The molecule has 7 heteroatoms. The Morgan fingerprint density at radius 3 is 2.26 bits per heavy atom. The summed E-state index contributed by atoms with van der Waals surface area (Å²) in [5.74, 6) is 4.04. The number of halogens is 4. The van der Waals surface area contributed by atoms with E-state index in [0.717, 1.165) is 12.1 Å². The lowest BCUT2D eigenvalue weighted by atomic mass is 9.91. The highest BCUT2D eigenvalue weighted by molar-refractivity contribution is 5.30. The molecule has 0 radical (unpaired) electrons. The van der Waals surface area contributed by atoms with Crippen LogP contribution in [0.5, 0.6) is 0 Å². The number of alkyl halides is 3. The van der Waals surface area contributed by atoms with E-state index in [1.54, 1.807) is 13.8 Å². The molecule has 0 aliphatic rings. The van der Waals surface area contributed by atoms with Gasteiger partial charge >= 0.3 is 6.18 Å². The van der Waals surface area contributed by atoms with Gasteiger partial charge in [-0.2, -0.15) is 13.2 Å². The van der Waals surface area contributed by atoms with Gasteiger partial charge in [-0.1, -0.05) is 6.07 Å². The van der Waals surface area contributed by atoms with Gasteiger partial charge in [0.2, 0.25) is 0 Å². The number of ether oxygens (including phenoxy) is 1. The van der Waals surface area contributed by atoms with E-state index in [0.29, 0.717) is 0 Å². The van der Waals surface area contributed by atoms with Crippen molar-refractivity contribution in [3.05, 3.63) is 35.1 Å². The van der Waals surface area contributed by atoms with Crippen LogP contribution < -0.4 is 11.3 Å². The zero-order chi connectivity index (χ0) is 14.8. The molecule has 3 N–H and O–H groups in total. The number of hydrogen-bond donors (Lipinski definition) is 2. The van der Waals surface area contributed by atoms with E-state index in [1.807, 2.05) is 0 Å². The lowest BCUT2D eigenvalue weighted by Crippen LogP contribution is -2.44. The summed E-state index contributed by atoms with van der Waals surface area (Å²) in [4.78, 5) is 0. The van der Waals surface area contributed by atoms with Gasteiger partial charge in [0.15, 0.2) is 0 Å². The summed E-state index contributed by atoms with van der Waals surface area (Å²) in [5.41, 5.74) is 0.416. The third kappa shape index (κ3) is 3.43. The number of benzene rings is 1. The first-order valence-corrected chi connectivity index (χ1v) is 5.51. The van der Waals surface area contributed by atoms with Crippen LogP contribution in [0.15, 0.2) is 18.2 Å². The van der Waals surface area contributed by atoms with E-state index in [-0.39, 0.29) is 5.56 Å². The highest BCUT2D eigenvalue weighted by atomic mass is 19.4. The second-order valence-electron chi connectivity index (χ2n) is 4.64. The highest BCUT2D eigenvalue weighted by Crippen LogP contribution is 2.35. The Morgan fingerprint density at radius 1 is 1.26 bits per heavy atom. The summed E-state index contributed by atoms with van der Waals surface area (Å²) >= 11 is 0. The van der Waals surface area contributed by atoms with Gasteiger partial charge in [0.1, 0.15) is 5.82 Å². The second kappa shape index (κ2) is 5.44. The minimum atomic E-state index is -4.75. The molecule has 0 saturated heterocycles. The Kier molecular flexibility index (Phi) is 4.54. The Bertz CT molecular complexity index is 446. The molecule has 0 heterocycles. The molecule has 0 spiro atoms. The fraction of sp³-hybridized carbons (Fsp3) is 0.500. The van der Waals surface area contributed by atoms with Crippen LogP contribution >= 0.6 is 0 Å². The molecule has 0 saturated carbocycles. The standard InChI is InChI=1S/C12H16F4N2O/c1-11(2,19-3)10(18-17)7-4-5-9(13)8(6-7)12(14,15)16/h4-6,10,18H,17H2,1-3H3. The van der Waals surface area contributed by atoms with Crippen LogP contribution in [0.1, 0.15) is 31.0 Å². The van der Waals surface area contributed by atoms with E-state index in [9.17, 15) is 17.6 Å². The van der Waals surface area contributed by atoms with E-state index < -0.39 is 29.2 Å². The van der Waals surface area contributed by atoms with E-state index in [4.69, 9.17) is 10.6 Å². The van der Waals surface area contributed by atoms with Crippen molar-refractivity contribution in [3.63, 3.8) is 0 Å². The maximum atomic E-state index is 13.2. The molecule has 1 rings (SSSR count). The molecule has 0 aliphatic carbocycles. The Balaban J connectivity index is 3.28. The minimum absolute atomic E-state index is 0.197. The van der Waals surface area contributed by atoms with Crippen LogP contribution in [-0.2, 0) is 10.9 Å². The highest BCUT2D eigenvalue weighted by Gasteiger charge is 2.36. The molecule has 108 valence electrons. The Morgan fingerprint density at radius 2 is 1.84 bits per heavy atom. The summed E-state index contributed by atoms with van der Waals surface area (Å²) in [6.07, 6.45) is -4.75. The average molecular weight is 280 g/mol. The fourth-order valence-corrected chi connectivity index (χ4v) is 1.76. The van der Waals surface area contributed by atoms with Gasteiger partial charge in [-0.25, -0.2) is 4.39 Å². The normalized spacial score (nSPS) is 14.5. The summed E-state index contributed by atoms with van der Waals surface area (Å²) in [5, 5.41) is 0. The van der Waals surface area contributed by atoms with Crippen molar-refractivity contribution in [2.75, 3.05) is 7.11 Å². The fourth-order valence-electron chi connectivity index (χ4n) is 1.76. The molecule has 1 atom stereocenters. The maximum absolute atomic E-state index is 13.2. The van der Waals surface area contributed by atoms with Gasteiger partial charge in [-0.05, 0) is 31.5 Å². The van der Waals surface area contributed by atoms with Crippen LogP contribution in [0.4, 0.5) is 17.6 Å². The van der Waals surface area contributed by atoms with Crippen molar-refractivity contribution in [2.24, 2.45) is 5.84 Å². The summed E-state index contributed by atoms with van der Waals surface area (Å²) in [6.45, 7) is 3.32. The smallest absolute Gasteiger partial charge is 0.377 e. The summed E-state index contributed by atoms with van der Waals surface area (Å²) in [7, 11) is 1.42. The monoisotopic (exact) mass is 280 g/mol. The third-order valence-corrected chi connectivity index (χ3v) is 3.02. The molecule has 0 amide bonds. The van der Waals surface area contributed by atoms with Crippen molar-refractivity contribution in [1.82, 2.24) is 5.43 Å². The number of hydrogen-bond acceptors (Lipinski definition) is 3. The van der Waals surface area contributed by atoms with Crippen LogP contribution in [-0.4, -0.2) is 12.7 Å². The molecule has 0 aromatic heterocycles. The summed E-state index contributed by atoms with van der Waals surface area (Å²) < 4.78 is 56.3. The second-order valence-corrected chi connectivity index (χ2v) is 4.64. The number of nitrogens with one attached hydrogen (secondary N) is 1.